The van der Waals surface area contributed by atoms with Crippen molar-refractivity contribution in [3.63, 3.8) is 0 Å². The van der Waals surface area contributed by atoms with Crippen LogP contribution in [0.15, 0.2) is 28.8 Å². The van der Waals surface area contributed by atoms with Gasteiger partial charge in [-0.2, -0.15) is 0 Å². The van der Waals surface area contributed by atoms with E-state index < -0.39 is 0 Å². The van der Waals surface area contributed by atoms with Crippen LogP contribution < -0.4 is 15.8 Å². The molecule has 1 aromatic carbocycles. The Hall–Kier alpha value is -2.50. The largest absolute Gasteiger partial charge is 0.481 e. The van der Waals surface area contributed by atoms with Gasteiger partial charge in [0.2, 0.25) is 0 Å². The maximum Gasteiger partial charge on any atom is 0.262 e. The predicted molar refractivity (Wildman–Crippen MR) is 60.5 cm³/mol. The Morgan fingerprint density at radius 1 is 1.41 bits per heavy atom. The molecule has 2 aromatic rings. The van der Waals surface area contributed by atoms with Crippen molar-refractivity contribution >= 4 is 17.4 Å². The summed E-state index contributed by atoms with van der Waals surface area (Å²) in [5.41, 5.74) is 6.83. The highest BCUT2D eigenvalue weighted by Crippen LogP contribution is 2.38. The minimum atomic E-state index is -0.174. The van der Waals surface area contributed by atoms with Gasteiger partial charge in [-0.15, -0.1) is 0 Å². The molecule has 2 heterocycles. The number of nitrogen functional groups attached to an aromatic ring is 1. The monoisotopic (exact) mass is 231 g/mol. The van der Waals surface area contributed by atoms with E-state index in [0.717, 1.165) is 0 Å². The molecule has 1 aliphatic heterocycles. The molecule has 0 saturated heterocycles. The van der Waals surface area contributed by atoms with E-state index >= 15 is 0 Å². The Balaban J connectivity index is 2.12. The minimum Gasteiger partial charge on any atom is -0.481 e. The number of rotatable bonds is 1. The lowest BCUT2D eigenvalue weighted by atomic mass is 10.1. The van der Waals surface area contributed by atoms with Crippen molar-refractivity contribution in [2.75, 3.05) is 17.7 Å². The van der Waals surface area contributed by atoms with Gasteiger partial charge in [0.1, 0.15) is 0 Å². The van der Waals surface area contributed by atoms with Crippen LogP contribution in [0.3, 0.4) is 0 Å². The van der Waals surface area contributed by atoms with Gasteiger partial charge in [-0.1, -0.05) is 11.2 Å². The quantitative estimate of drug-likeness (QED) is 0.770. The molecule has 86 valence electrons. The SMILES string of the molecule is Nc1cc(-c2cccc3c2OCC(=O)N3)on1. The lowest BCUT2D eigenvalue weighted by Gasteiger charge is -2.19. The van der Waals surface area contributed by atoms with Crippen molar-refractivity contribution in [1.29, 1.82) is 0 Å². The molecule has 1 aliphatic rings. The number of nitrogens with one attached hydrogen (secondary N) is 1. The maximum atomic E-state index is 11.2. The molecule has 0 radical (unpaired) electrons. The van der Waals surface area contributed by atoms with Crippen molar-refractivity contribution in [1.82, 2.24) is 5.16 Å². The molecule has 1 amide bonds. The second-order valence-corrected chi connectivity index (χ2v) is 3.64. The fourth-order valence-corrected chi connectivity index (χ4v) is 1.72. The summed E-state index contributed by atoms with van der Waals surface area (Å²) >= 11 is 0. The first kappa shape index (κ1) is 9.71. The molecule has 0 unspecified atom stereocenters. The third kappa shape index (κ3) is 1.59. The molecule has 3 N–H and O–H groups in total. The number of benzene rings is 1. The van der Waals surface area contributed by atoms with Crippen LogP contribution in [0.2, 0.25) is 0 Å². The van der Waals surface area contributed by atoms with Gasteiger partial charge < -0.3 is 20.3 Å². The van der Waals surface area contributed by atoms with Crippen LogP contribution in [-0.4, -0.2) is 17.7 Å². The Kier molecular flexibility index (Phi) is 2.01. The first-order valence-corrected chi connectivity index (χ1v) is 5.02. The fourth-order valence-electron chi connectivity index (χ4n) is 1.72. The van der Waals surface area contributed by atoms with Gasteiger partial charge >= 0.3 is 0 Å². The molecule has 6 nitrogen and oxygen atoms in total. The highest BCUT2D eigenvalue weighted by Gasteiger charge is 2.21. The molecule has 0 saturated carbocycles. The van der Waals surface area contributed by atoms with Crippen molar-refractivity contribution in [3.05, 3.63) is 24.3 Å². The zero-order chi connectivity index (χ0) is 11.8. The number of ether oxygens (including phenoxy) is 1. The Bertz CT molecular complexity index is 591. The molecule has 0 bridgehead atoms. The number of hydrogen-bond acceptors (Lipinski definition) is 5. The van der Waals surface area contributed by atoms with E-state index in [0.29, 0.717) is 28.6 Å². The number of nitrogens with two attached hydrogens (primary N) is 1. The summed E-state index contributed by atoms with van der Waals surface area (Å²) < 4.78 is 10.5. The normalized spacial score (nSPS) is 13.8. The Labute approximate surface area is 96.3 Å². The van der Waals surface area contributed by atoms with Crippen LogP contribution in [-0.2, 0) is 4.79 Å². The maximum absolute atomic E-state index is 11.2. The summed E-state index contributed by atoms with van der Waals surface area (Å²) in [4.78, 5) is 11.2. The number of amides is 1. The Morgan fingerprint density at radius 2 is 2.29 bits per heavy atom. The number of nitrogens with zero attached hydrogens (tertiary/aromatic N) is 1. The molecule has 3 rings (SSSR count). The van der Waals surface area contributed by atoms with E-state index in [9.17, 15) is 4.79 Å². The lowest BCUT2D eigenvalue weighted by molar-refractivity contribution is -0.118. The van der Waals surface area contributed by atoms with E-state index in [2.05, 4.69) is 10.5 Å². The number of carbonyl (C=O) groups is 1. The average Bonchev–Trinajstić information content (AvgIpc) is 2.74. The van der Waals surface area contributed by atoms with Gasteiger partial charge in [0.15, 0.2) is 23.9 Å². The highest BCUT2D eigenvalue weighted by atomic mass is 16.5. The van der Waals surface area contributed by atoms with Gasteiger partial charge in [0.05, 0.1) is 11.3 Å². The lowest BCUT2D eigenvalue weighted by Crippen LogP contribution is -2.25. The molecule has 6 heteroatoms. The fraction of sp³-hybridized carbons (Fsp3) is 0.0909. The summed E-state index contributed by atoms with van der Waals surface area (Å²) in [7, 11) is 0. The second kappa shape index (κ2) is 3.51. The van der Waals surface area contributed by atoms with Crippen molar-refractivity contribution in [2.24, 2.45) is 0 Å². The van der Waals surface area contributed by atoms with Crippen LogP contribution in [0, 0.1) is 0 Å². The predicted octanol–water partition coefficient (Wildman–Crippen LogP) is 1.25. The number of aromatic nitrogens is 1. The van der Waals surface area contributed by atoms with E-state index in [4.69, 9.17) is 15.0 Å². The summed E-state index contributed by atoms with van der Waals surface area (Å²) in [6.45, 7) is -0.00632. The third-order valence-corrected chi connectivity index (χ3v) is 2.43. The van der Waals surface area contributed by atoms with Crippen LogP contribution in [0.1, 0.15) is 0 Å². The Morgan fingerprint density at radius 3 is 3.06 bits per heavy atom. The van der Waals surface area contributed by atoms with Crippen LogP contribution in [0.5, 0.6) is 5.75 Å². The summed E-state index contributed by atoms with van der Waals surface area (Å²) in [6.07, 6.45) is 0. The van der Waals surface area contributed by atoms with Gasteiger partial charge in [-0.05, 0) is 12.1 Å². The molecule has 0 aliphatic carbocycles. The van der Waals surface area contributed by atoms with Gasteiger partial charge in [-0.3, -0.25) is 4.79 Å². The molecule has 1 aromatic heterocycles. The second-order valence-electron chi connectivity index (χ2n) is 3.64. The van der Waals surface area contributed by atoms with Gasteiger partial charge in [0, 0.05) is 6.07 Å². The topological polar surface area (TPSA) is 90.4 Å². The minimum absolute atomic E-state index is 0.00632. The van der Waals surface area contributed by atoms with Crippen LogP contribution in [0.4, 0.5) is 11.5 Å². The summed E-state index contributed by atoms with van der Waals surface area (Å²) in [5.74, 6) is 1.21. The number of para-hydroxylation sites is 1. The number of hydrogen-bond donors (Lipinski definition) is 2. The van der Waals surface area contributed by atoms with E-state index in [1.54, 1.807) is 18.2 Å². The average molecular weight is 231 g/mol. The standard InChI is InChI=1S/C11H9N3O3/c12-9-4-8(17-14-9)6-2-1-3-7-11(6)16-5-10(15)13-7/h1-4H,5H2,(H2,12,14)(H,13,15). The van der Waals surface area contributed by atoms with E-state index in [1.165, 1.54) is 0 Å². The molecule has 0 spiro atoms. The van der Waals surface area contributed by atoms with Crippen molar-refractivity contribution < 1.29 is 14.1 Å². The van der Waals surface area contributed by atoms with E-state index in [-0.39, 0.29) is 12.5 Å². The first-order valence-electron chi connectivity index (χ1n) is 5.02. The van der Waals surface area contributed by atoms with Gasteiger partial charge in [0.25, 0.3) is 5.91 Å². The number of anilines is 2. The number of carbonyl (C=O) groups excluding carboxylic acids is 1. The smallest absolute Gasteiger partial charge is 0.262 e. The highest BCUT2D eigenvalue weighted by molar-refractivity contribution is 5.97. The van der Waals surface area contributed by atoms with Crippen molar-refractivity contribution in [2.45, 2.75) is 0 Å². The molecule has 0 atom stereocenters. The molecular formula is C11H9N3O3. The van der Waals surface area contributed by atoms with Crippen LogP contribution >= 0.6 is 0 Å². The zero-order valence-corrected chi connectivity index (χ0v) is 8.77. The number of fused-ring (bicyclic) bond motifs is 1. The molecule has 0 fully saturated rings. The van der Waals surface area contributed by atoms with Crippen molar-refractivity contribution in [3.8, 4) is 17.1 Å². The van der Waals surface area contributed by atoms with Gasteiger partial charge in [-0.25, -0.2) is 0 Å². The third-order valence-electron chi connectivity index (χ3n) is 2.43. The van der Waals surface area contributed by atoms with E-state index in [1.807, 2.05) is 6.07 Å². The zero-order valence-electron chi connectivity index (χ0n) is 8.77. The molecular weight excluding hydrogens is 222 g/mol. The van der Waals surface area contributed by atoms with Crippen LogP contribution in [0.25, 0.3) is 11.3 Å². The first-order chi connectivity index (χ1) is 8.24. The summed E-state index contributed by atoms with van der Waals surface area (Å²) in [5, 5.41) is 6.34. The molecule has 17 heavy (non-hydrogen) atoms. The summed E-state index contributed by atoms with van der Waals surface area (Å²) in [6, 6.07) is 6.98.